The van der Waals surface area contributed by atoms with Gasteiger partial charge in [0.15, 0.2) is 0 Å². The van der Waals surface area contributed by atoms with Crippen molar-refractivity contribution in [3.8, 4) is 0 Å². The van der Waals surface area contributed by atoms with Gasteiger partial charge in [-0.15, -0.1) is 0 Å². The van der Waals surface area contributed by atoms with E-state index in [1.807, 2.05) is 0 Å². The van der Waals surface area contributed by atoms with E-state index in [1.54, 1.807) is 7.05 Å². The van der Waals surface area contributed by atoms with E-state index in [1.165, 1.54) is 0 Å². The van der Waals surface area contributed by atoms with E-state index in [0.717, 1.165) is 19.5 Å². The van der Waals surface area contributed by atoms with Crippen LogP contribution in [0, 0.1) is 0 Å². The van der Waals surface area contributed by atoms with Crippen LogP contribution in [0.2, 0.25) is 0 Å². The molecule has 0 aromatic carbocycles. The molecule has 3 nitrogen and oxygen atoms in total. The second kappa shape index (κ2) is 5.02. The summed E-state index contributed by atoms with van der Waals surface area (Å²) in [4.78, 5) is 13.4. The molecule has 0 bridgehead atoms. The van der Waals surface area contributed by atoms with E-state index < -0.39 is 0 Å². The van der Waals surface area contributed by atoms with E-state index in [2.05, 4.69) is 29.3 Å². The number of carbonyl (C=O) groups excluding carboxylic acids is 1. The molecule has 1 N–H and O–H groups in total. The zero-order valence-corrected chi connectivity index (χ0v) is 8.42. The highest BCUT2D eigenvalue weighted by molar-refractivity contribution is 5.76. The lowest BCUT2D eigenvalue weighted by Crippen LogP contribution is -2.38. The Balaban J connectivity index is 2.33. The molecule has 1 heterocycles. The molecule has 0 aromatic heterocycles. The van der Waals surface area contributed by atoms with E-state index in [-0.39, 0.29) is 5.91 Å². The highest BCUT2D eigenvalue weighted by Crippen LogP contribution is 2.08. The Hall–Kier alpha value is -0.830. The molecule has 1 unspecified atom stereocenters. The molecule has 0 spiro atoms. The topological polar surface area (TPSA) is 32.3 Å². The van der Waals surface area contributed by atoms with Gasteiger partial charge in [-0.05, 0) is 13.3 Å². The van der Waals surface area contributed by atoms with Gasteiger partial charge in [0.25, 0.3) is 0 Å². The maximum Gasteiger partial charge on any atom is 0.221 e. The van der Waals surface area contributed by atoms with Gasteiger partial charge < -0.3 is 5.32 Å². The average molecular weight is 182 g/mol. The molecule has 0 aliphatic carbocycles. The summed E-state index contributed by atoms with van der Waals surface area (Å²) in [7, 11) is 1.69. The van der Waals surface area contributed by atoms with Crippen molar-refractivity contribution in [2.24, 2.45) is 0 Å². The molecule has 1 aliphatic rings. The van der Waals surface area contributed by atoms with Gasteiger partial charge in [0, 0.05) is 32.6 Å². The van der Waals surface area contributed by atoms with Crippen molar-refractivity contribution in [3.05, 3.63) is 12.2 Å². The number of hydrogen-bond donors (Lipinski definition) is 1. The van der Waals surface area contributed by atoms with Gasteiger partial charge in [-0.1, -0.05) is 12.2 Å². The summed E-state index contributed by atoms with van der Waals surface area (Å²) in [6, 6.07) is 0.352. The molecule has 3 heteroatoms. The van der Waals surface area contributed by atoms with Gasteiger partial charge >= 0.3 is 0 Å². The quantitative estimate of drug-likeness (QED) is 0.654. The number of nitrogens with zero attached hydrogens (tertiary/aromatic N) is 1. The second-order valence-electron chi connectivity index (χ2n) is 3.48. The molecular formula is C10H18N2O. The van der Waals surface area contributed by atoms with Crippen LogP contribution in [0.1, 0.15) is 19.8 Å². The van der Waals surface area contributed by atoms with Gasteiger partial charge in [0.1, 0.15) is 0 Å². The maximum absolute atomic E-state index is 11.1. The average Bonchev–Trinajstić information content (AvgIpc) is 2.19. The smallest absolute Gasteiger partial charge is 0.221 e. The van der Waals surface area contributed by atoms with Crippen LogP contribution in [0.5, 0.6) is 0 Å². The first-order valence-electron chi connectivity index (χ1n) is 4.83. The fraction of sp³-hybridized carbons (Fsp3) is 0.700. The Morgan fingerprint density at radius 2 is 2.38 bits per heavy atom. The number of amides is 1. The van der Waals surface area contributed by atoms with Crippen LogP contribution in [0.4, 0.5) is 0 Å². The van der Waals surface area contributed by atoms with Crippen LogP contribution in [0.3, 0.4) is 0 Å². The number of nitrogens with one attached hydrogen (secondary N) is 1. The van der Waals surface area contributed by atoms with Gasteiger partial charge in [0.05, 0.1) is 0 Å². The molecule has 1 atom stereocenters. The third-order valence-electron chi connectivity index (χ3n) is 2.47. The Labute approximate surface area is 79.8 Å². The lowest BCUT2D eigenvalue weighted by atomic mass is 10.1. The number of hydrogen-bond acceptors (Lipinski definition) is 2. The van der Waals surface area contributed by atoms with Crippen molar-refractivity contribution in [1.29, 1.82) is 0 Å². The van der Waals surface area contributed by atoms with Crippen LogP contribution in [0.15, 0.2) is 12.2 Å². The standard InChI is InChI=1S/C10H18N2O/c1-9(8-10(13)11-2)12-6-4-3-5-7-12/h3-4,9H,5-8H2,1-2H3,(H,11,13). The summed E-state index contributed by atoms with van der Waals surface area (Å²) in [5.74, 6) is 0.127. The van der Waals surface area contributed by atoms with Crippen molar-refractivity contribution in [3.63, 3.8) is 0 Å². The normalized spacial score (nSPS) is 19.8. The first-order chi connectivity index (χ1) is 6.24. The lowest BCUT2D eigenvalue weighted by Gasteiger charge is -2.29. The highest BCUT2D eigenvalue weighted by atomic mass is 16.1. The summed E-state index contributed by atoms with van der Waals surface area (Å²) >= 11 is 0. The van der Waals surface area contributed by atoms with Crippen LogP contribution < -0.4 is 5.32 Å². The summed E-state index contributed by atoms with van der Waals surface area (Å²) in [5.41, 5.74) is 0. The minimum atomic E-state index is 0.127. The first-order valence-corrected chi connectivity index (χ1v) is 4.83. The molecule has 0 radical (unpaired) electrons. The summed E-state index contributed by atoms with van der Waals surface area (Å²) in [6.45, 7) is 4.17. The molecule has 0 aromatic rings. The minimum absolute atomic E-state index is 0.127. The van der Waals surface area contributed by atoms with Crippen LogP contribution >= 0.6 is 0 Å². The zero-order valence-electron chi connectivity index (χ0n) is 8.42. The summed E-state index contributed by atoms with van der Waals surface area (Å²) < 4.78 is 0. The molecule has 1 rings (SSSR count). The van der Waals surface area contributed by atoms with Crippen molar-refractivity contribution < 1.29 is 4.79 Å². The first kappa shape index (κ1) is 10.3. The monoisotopic (exact) mass is 182 g/mol. The Morgan fingerprint density at radius 3 is 2.92 bits per heavy atom. The third-order valence-corrected chi connectivity index (χ3v) is 2.47. The van der Waals surface area contributed by atoms with Crippen molar-refractivity contribution in [1.82, 2.24) is 10.2 Å². The molecule has 0 saturated heterocycles. The van der Waals surface area contributed by atoms with Gasteiger partial charge in [-0.2, -0.15) is 0 Å². The van der Waals surface area contributed by atoms with Crippen molar-refractivity contribution in [2.45, 2.75) is 25.8 Å². The fourth-order valence-corrected chi connectivity index (χ4v) is 1.56. The predicted octanol–water partition coefficient (Wildman–Crippen LogP) is 0.773. The van der Waals surface area contributed by atoms with E-state index >= 15 is 0 Å². The SMILES string of the molecule is CNC(=O)CC(C)N1CC=CCC1. The highest BCUT2D eigenvalue weighted by Gasteiger charge is 2.16. The van der Waals surface area contributed by atoms with Gasteiger partial charge in [-0.3, -0.25) is 9.69 Å². The molecule has 0 saturated carbocycles. The van der Waals surface area contributed by atoms with Crippen LogP contribution in [-0.2, 0) is 4.79 Å². The molecule has 0 fully saturated rings. The third kappa shape index (κ3) is 3.19. The number of carbonyl (C=O) groups is 1. The van der Waals surface area contributed by atoms with E-state index in [4.69, 9.17) is 0 Å². The van der Waals surface area contributed by atoms with Gasteiger partial charge in [0.2, 0.25) is 5.91 Å². The van der Waals surface area contributed by atoms with Crippen LogP contribution in [-0.4, -0.2) is 37.0 Å². The lowest BCUT2D eigenvalue weighted by molar-refractivity contribution is -0.121. The van der Waals surface area contributed by atoms with Crippen molar-refractivity contribution in [2.75, 3.05) is 20.1 Å². The maximum atomic E-state index is 11.1. The van der Waals surface area contributed by atoms with E-state index in [9.17, 15) is 4.79 Å². The predicted molar refractivity (Wildman–Crippen MR) is 53.5 cm³/mol. The second-order valence-corrected chi connectivity index (χ2v) is 3.48. The zero-order chi connectivity index (χ0) is 9.68. The summed E-state index contributed by atoms with van der Waals surface area (Å²) in [6.07, 6.45) is 6.08. The Morgan fingerprint density at radius 1 is 1.62 bits per heavy atom. The fourth-order valence-electron chi connectivity index (χ4n) is 1.56. The summed E-state index contributed by atoms with van der Waals surface area (Å²) in [5, 5.41) is 2.65. The van der Waals surface area contributed by atoms with E-state index in [0.29, 0.717) is 12.5 Å². The molecule has 1 aliphatic heterocycles. The molecule has 74 valence electrons. The minimum Gasteiger partial charge on any atom is -0.359 e. The molecular weight excluding hydrogens is 164 g/mol. The van der Waals surface area contributed by atoms with Gasteiger partial charge in [-0.25, -0.2) is 0 Å². The number of rotatable bonds is 3. The Kier molecular flexibility index (Phi) is 3.96. The molecule has 1 amide bonds. The van der Waals surface area contributed by atoms with Crippen LogP contribution in [0.25, 0.3) is 0 Å². The Bertz CT molecular complexity index is 201. The van der Waals surface area contributed by atoms with Crippen molar-refractivity contribution >= 4 is 5.91 Å². The largest absolute Gasteiger partial charge is 0.359 e. The molecule has 13 heavy (non-hydrogen) atoms.